The molecule has 4 rings (SSSR count). The van der Waals surface area contributed by atoms with E-state index in [0.29, 0.717) is 35.9 Å². The Morgan fingerprint density at radius 2 is 1.69 bits per heavy atom. The van der Waals surface area contributed by atoms with E-state index in [0.717, 1.165) is 12.8 Å². The van der Waals surface area contributed by atoms with Crippen LogP contribution in [0.15, 0.2) is 6.33 Å². The molecule has 2 aliphatic rings. The highest BCUT2D eigenvalue weighted by molar-refractivity contribution is 7.53. The number of imidazole rings is 1. The second-order valence-corrected chi connectivity index (χ2v) is 11.7. The van der Waals surface area contributed by atoms with Gasteiger partial charge in [0.2, 0.25) is 18.9 Å². The van der Waals surface area contributed by atoms with Gasteiger partial charge in [0.25, 0.3) is 0 Å². The van der Waals surface area contributed by atoms with E-state index in [9.17, 15) is 14.2 Å². The molecule has 1 aliphatic heterocycles. The first-order chi connectivity index (χ1) is 20.3. The standard InChI is InChI=1S/C24H35ClN5O11P/c1-3-35-23(31)37-13-39-42(33,40-14-38-24(32)36-4-2)15-34-11-17-9-10-18(41-17)30-12-26-19-20(27-16-7-5-6-8-16)28-22(25)29-21(19)30/h12,16-18H,3-11,13-15H2,1-2H3,(H,27,28,29)/t17-,18?/m0/s1. The van der Waals surface area contributed by atoms with Gasteiger partial charge in [0.1, 0.15) is 12.6 Å². The molecule has 1 saturated heterocycles. The maximum absolute atomic E-state index is 13.1. The van der Waals surface area contributed by atoms with Crippen molar-refractivity contribution in [2.75, 3.05) is 45.1 Å². The number of fused-ring (bicyclic) bond motifs is 1. The maximum Gasteiger partial charge on any atom is 0.510 e. The third kappa shape index (κ3) is 9.12. The molecule has 0 aromatic carbocycles. The minimum atomic E-state index is -4.04. The molecule has 0 bridgehead atoms. The molecule has 0 radical (unpaired) electrons. The summed E-state index contributed by atoms with van der Waals surface area (Å²) in [6.07, 6.45) is 4.07. The Bertz CT molecular complexity index is 1220. The summed E-state index contributed by atoms with van der Waals surface area (Å²) in [4.78, 5) is 36.1. The van der Waals surface area contributed by atoms with Crippen LogP contribution in [0, 0.1) is 0 Å². The van der Waals surface area contributed by atoms with Gasteiger partial charge in [0.05, 0.1) is 32.3 Å². The highest BCUT2D eigenvalue weighted by Gasteiger charge is 2.32. The van der Waals surface area contributed by atoms with Gasteiger partial charge in [-0.25, -0.2) is 14.6 Å². The second-order valence-electron chi connectivity index (χ2n) is 9.34. The summed E-state index contributed by atoms with van der Waals surface area (Å²) >= 11 is 6.24. The van der Waals surface area contributed by atoms with Gasteiger partial charge in [0, 0.05) is 6.04 Å². The Morgan fingerprint density at radius 3 is 2.33 bits per heavy atom. The molecule has 234 valence electrons. The Hall–Kier alpha value is -2.75. The first kappa shape index (κ1) is 32.2. The van der Waals surface area contributed by atoms with Crippen LogP contribution < -0.4 is 5.32 Å². The van der Waals surface area contributed by atoms with Crippen molar-refractivity contribution in [1.29, 1.82) is 0 Å². The van der Waals surface area contributed by atoms with Gasteiger partial charge >= 0.3 is 19.9 Å². The van der Waals surface area contributed by atoms with Crippen molar-refractivity contribution in [1.82, 2.24) is 19.5 Å². The van der Waals surface area contributed by atoms with Gasteiger partial charge in [-0.2, -0.15) is 9.97 Å². The largest absolute Gasteiger partial charge is 0.510 e. The van der Waals surface area contributed by atoms with Crippen LogP contribution in [0.25, 0.3) is 11.2 Å². The average molecular weight is 636 g/mol. The topological polar surface area (TPSA) is 181 Å². The van der Waals surface area contributed by atoms with E-state index >= 15 is 0 Å². The van der Waals surface area contributed by atoms with Crippen molar-refractivity contribution in [2.45, 2.75) is 70.7 Å². The van der Waals surface area contributed by atoms with Crippen molar-refractivity contribution < 1.29 is 51.6 Å². The normalized spacial score (nSPS) is 19.2. The fourth-order valence-electron chi connectivity index (χ4n) is 4.52. The van der Waals surface area contributed by atoms with Gasteiger partial charge in [-0.1, -0.05) is 12.8 Å². The molecule has 16 nitrogen and oxygen atoms in total. The number of ether oxygens (including phenoxy) is 6. The number of halogens is 1. The average Bonchev–Trinajstić information content (AvgIpc) is 3.70. The molecular formula is C24H35ClN5O11P. The summed E-state index contributed by atoms with van der Waals surface area (Å²) in [5.41, 5.74) is 1.16. The SMILES string of the molecule is CCOC(=O)OCOP(=O)(COC[C@@H]1CCC(n2cnc3c(NC4CCCC4)nc(Cl)nc32)O1)OCOC(=O)OCC. The molecular weight excluding hydrogens is 601 g/mol. The molecule has 2 aromatic rings. The van der Waals surface area contributed by atoms with E-state index in [1.807, 2.05) is 0 Å². The van der Waals surface area contributed by atoms with Crippen LogP contribution in [-0.2, 0) is 42.0 Å². The van der Waals surface area contributed by atoms with Crippen molar-refractivity contribution in [3.8, 4) is 0 Å². The fourth-order valence-corrected chi connectivity index (χ4v) is 5.66. The predicted molar refractivity (Wildman–Crippen MR) is 146 cm³/mol. The third-order valence-corrected chi connectivity index (χ3v) is 8.08. The predicted octanol–water partition coefficient (Wildman–Crippen LogP) is 4.97. The van der Waals surface area contributed by atoms with E-state index in [1.54, 1.807) is 24.7 Å². The van der Waals surface area contributed by atoms with Crippen LogP contribution in [0.4, 0.5) is 15.4 Å². The molecule has 2 fully saturated rings. The first-order valence-electron chi connectivity index (χ1n) is 13.7. The van der Waals surface area contributed by atoms with Crippen LogP contribution in [-0.4, -0.2) is 83.7 Å². The van der Waals surface area contributed by atoms with Crippen molar-refractivity contribution >= 4 is 48.5 Å². The van der Waals surface area contributed by atoms with Gasteiger partial charge < -0.3 is 33.7 Å². The number of hydrogen-bond donors (Lipinski definition) is 1. The first-order valence-corrected chi connectivity index (χ1v) is 15.8. The van der Waals surface area contributed by atoms with E-state index in [4.69, 9.17) is 30.1 Å². The molecule has 1 unspecified atom stereocenters. The van der Waals surface area contributed by atoms with Crippen molar-refractivity contribution in [3.63, 3.8) is 0 Å². The Morgan fingerprint density at radius 1 is 1.02 bits per heavy atom. The van der Waals surface area contributed by atoms with Crippen LogP contribution in [0.1, 0.15) is 58.6 Å². The van der Waals surface area contributed by atoms with E-state index < -0.39 is 39.8 Å². The number of nitrogens with zero attached hydrogens (tertiary/aromatic N) is 4. The summed E-state index contributed by atoms with van der Waals surface area (Å²) in [7, 11) is -4.04. The maximum atomic E-state index is 13.1. The van der Waals surface area contributed by atoms with Crippen LogP contribution in [0.2, 0.25) is 5.28 Å². The van der Waals surface area contributed by atoms with Crippen molar-refractivity contribution in [3.05, 3.63) is 11.6 Å². The zero-order chi connectivity index (χ0) is 30.0. The van der Waals surface area contributed by atoms with Gasteiger partial charge in [-0.15, -0.1) is 0 Å². The minimum absolute atomic E-state index is 0.0432. The minimum Gasteiger partial charge on any atom is -0.435 e. The number of hydrogen-bond acceptors (Lipinski definition) is 15. The zero-order valence-corrected chi connectivity index (χ0v) is 25.0. The lowest BCUT2D eigenvalue weighted by atomic mass is 10.2. The molecule has 42 heavy (non-hydrogen) atoms. The van der Waals surface area contributed by atoms with Gasteiger partial charge in [-0.05, 0) is 51.1 Å². The van der Waals surface area contributed by atoms with Gasteiger partial charge in [0.15, 0.2) is 17.0 Å². The number of nitrogens with one attached hydrogen (secondary N) is 1. The lowest BCUT2D eigenvalue weighted by Crippen LogP contribution is -2.19. The summed E-state index contributed by atoms with van der Waals surface area (Å²) in [6, 6.07) is 0.325. The zero-order valence-electron chi connectivity index (χ0n) is 23.4. The second kappa shape index (κ2) is 15.6. The molecule has 2 aromatic heterocycles. The number of carbonyl (C=O) groups is 2. The molecule has 0 amide bonds. The Kier molecular flexibility index (Phi) is 12.0. The summed E-state index contributed by atoms with van der Waals surface area (Å²) in [5.74, 6) is 0.600. The molecule has 3 heterocycles. The smallest absolute Gasteiger partial charge is 0.435 e. The molecule has 2 atom stereocenters. The number of anilines is 1. The molecule has 1 N–H and O–H groups in total. The molecule has 18 heteroatoms. The van der Waals surface area contributed by atoms with E-state index in [2.05, 4.69) is 39.2 Å². The quantitative estimate of drug-likeness (QED) is 0.120. The Labute approximate surface area is 247 Å². The number of carbonyl (C=O) groups excluding carboxylic acids is 2. The fraction of sp³-hybridized carbons (Fsp3) is 0.708. The lowest BCUT2D eigenvalue weighted by Gasteiger charge is -2.20. The van der Waals surface area contributed by atoms with Crippen LogP contribution >= 0.6 is 19.2 Å². The summed E-state index contributed by atoms with van der Waals surface area (Å²) in [5, 5.41) is 3.55. The highest BCUT2D eigenvalue weighted by Crippen LogP contribution is 2.48. The molecule has 0 spiro atoms. The Balaban J connectivity index is 1.31. The van der Waals surface area contributed by atoms with Crippen LogP contribution in [0.5, 0.6) is 0 Å². The van der Waals surface area contributed by atoms with E-state index in [-0.39, 0.29) is 37.4 Å². The third-order valence-electron chi connectivity index (χ3n) is 6.42. The summed E-state index contributed by atoms with van der Waals surface area (Å²) in [6.45, 7) is 1.92. The monoisotopic (exact) mass is 635 g/mol. The number of rotatable bonds is 15. The molecule has 1 saturated carbocycles. The van der Waals surface area contributed by atoms with E-state index in [1.165, 1.54) is 12.8 Å². The van der Waals surface area contributed by atoms with Crippen molar-refractivity contribution in [2.24, 2.45) is 0 Å². The summed E-state index contributed by atoms with van der Waals surface area (Å²) < 4.78 is 55.5. The lowest BCUT2D eigenvalue weighted by molar-refractivity contribution is -0.0433. The number of aromatic nitrogens is 4. The highest BCUT2D eigenvalue weighted by atomic mass is 35.5. The van der Waals surface area contributed by atoms with Gasteiger partial charge in [-0.3, -0.25) is 18.2 Å². The van der Waals surface area contributed by atoms with Crippen LogP contribution in [0.3, 0.4) is 0 Å². The molecule has 1 aliphatic carbocycles.